The Morgan fingerprint density at radius 2 is 1.93 bits per heavy atom. The van der Waals surface area contributed by atoms with Gasteiger partial charge < -0.3 is 4.74 Å². The van der Waals surface area contributed by atoms with E-state index >= 15 is 0 Å². The Morgan fingerprint density at radius 3 is 2.43 bits per heavy atom. The van der Waals surface area contributed by atoms with Gasteiger partial charge in [-0.3, -0.25) is 4.79 Å². The molecule has 1 rings (SSSR count). The summed E-state index contributed by atoms with van der Waals surface area (Å²) < 4.78 is 7.06. The molecule has 0 amide bonds. The van der Waals surface area contributed by atoms with Crippen molar-refractivity contribution in [2.75, 3.05) is 6.61 Å². The molecule has 0 bridgehead atoms. The van der Waals surface area contributed by atoms with Gasteiger partial charge in [0.1, 0.15) is 12.4 Å². The van der Waals surface area contributed by atoms with Gasteiger partial charge in [0.2, 0.25) is 0 Å². The summed E-state index contributed by atoms with van der Waals surface area (Å²) in [4.78, 5) is 11.1. The van der Waals surface area contributed by atoms with Crippen molar-refractivity contribution in [3.63, 3.8) is 0 Å². The largest absolute Gasteiger partial charge is 0.483 e. The number of ketones is 1. The van der Waals surface area contributed by atoms with Crippen LogP contribution in [0.25, 0.3) is 0 Å². The molecule has 0 saturated heterocycles. The van der Waals surface area contributed by atoms with E-state index in [4.69, 9.17) is 4.74 Å². The molecule has 0 spiro atoms. The van der Waals surface area contributed by atoms with Gasteiger partial charge in [-0.05, 0) is 44.0 Å². The number of benzene rings is 1. The smallest absolute Gasteiger partial charge is 0.169 e. The van der Waals surface area contributed by atoms with Crippen LogP contribution < -0.4 is 4.74 Å². The highest BCUT2D eigenvalue weighted by atomic mass is 79.9. The van der Waals surface area contributed by atoms with E-state index in [2.05, 4.69) is 31.9 Å². The van der Waals surface area contributed by atoms with Crippen molar-refractivity contribution in [3.05, 3.63) is 27.1 Å². The van der Waals surface area contributed by atoms with Gasteiger partial charge in [-0.1, -0.05) is 13.0 Å². The van der Waals surface area contributed by atoms with Crippen molar-refractivity contribution < 1.29 is 9.53 Å². The Kier molecular flexibility index (Phi) is 4.62. The summed E-state index contributed by atoms with van der Waals surface area (Å²) in [6, 6.07) is 5.63. The first-order chi connectivity index (χ1) is 6.65. The third-order valence-corrected chi connectivity index (χ3v) is 2.94. The van der Waals surface area contributed by atoms with E-state index in [1.54, 1.807) is 0 Å². The zero-order chi connectivity index (χ0) is 10.6. The van der Waals surface area contributed by atoms with Gasteiger partial charge in [0, 0.05) is 6.42 Å². The average molecular weight is 322 g/mol. The molecule has 0 aliphatic heterocycles. The molecule has 0 aromatic heterocycles. The van der Waals surface area contributed by atoms with Crippen LogP contribution in [0.15, 0.2) is 27.1 Å². The topological polar surface area (TPSA) is 26.3 Å². The maximum absolute atomic E-state index is 11.1. The third-order valence-electron chi connectivity index (χ3n) is 1.69. The lowest BCUT2D eigenvalue weighted by Crippen LogP contribution is -2.10. The molecule has 76 valence electrons. The molecule has 0 fully saturated rings. The fourth-order valence-electron chi connectivity index (χ4n) is 0.875. The van der Waals surface area contributed by atoms with Crippen molar-refractivity contribution in [2.45, 2.75) is 13.3 Å². The van der Waals surface area contributed by atoms with E-state index in [9.17, 15) is 4.79 Å². The Morgan fingerprint density at radius 1 is 1.36 bits per heavy atom. The molecule has 0 aliphatic carbocycles. The van der Waals surface area contributed by atoms with E-state index in [-0.39, 0.29) is 12.4 Å². The molecule has 1 aromatic rings. The Labute approximate surface area is 99.9 Å². The highest BCUT2D eigenvalue weighted by Crippen LogP contribution is 2.32. The van der Waals surface area contributed by atoms with Crippen LogP contribution in [0.5, 0.6) is 5.75 Å². The second-order valence-corrected chi connectivity index (χ2v) is 4.44. The summed E-state index contributed by atoms with van der Waals surface area (Å²) in [5.41, 5.74) is 0. The van der Waals surface area contributed by atoms with Gasteiger partial charge >= 0.3 is 0 Å². The van der Waals surface area contributed by atoms with Crippen molar-refractivity contribution in [2.24, 2.45) is 0 Å². The highest BCUT2D eigenvalue weighted by molar-refractivity contribution is 9.11. The Bertz CT molecular complexity index is 317. The van der Waals surface area contributed by atoms with Crippen LogP contribution in [0.1, 0.15) is 13.3 Å². The fraction of sp³-hybridized carbons (Fsp3) is 0.300. The van der Waals surface area contributed by atoms with Gasteiger partial charge in [-0.2, -0.15) is 0 Å². The number of rotatable bonds is 4. The van der Waals surface area contributed by atoms with Crippen LogP contribution in [0.2, 0.25) is 0 Å². The summed E-state index contributed by atoms with van der Waals surface area (Å²) in [6.07, 6.45) is 0.502. The summed E-state index contributed by atoms with van der Waals surface area (Å²) in [7, 11) is 0. The molecule has 0 radical (unpaired) electrons. The van der Waals surface area contributed by atoms with Crippen molar-refractivity contribution in [3.8, 4) is 5.75 Å². The molecule has 1 aromatic carbocycles. The molecular formula is C10H10Br2O2. The SMILES string of the molecule is CCC(=O)COc1c(Br)cccc1Br. The van der Waals surface area contributed by atoms with Crippen molar-refractivity contribution in [1.82, 2.24) is 0 Å². The minimum absolute atomic E-state index is 0.0904. The molecule has 0 aliphatic rings. The molecular weight excluding hydrogens is 312 g/mol. The lowest BCUT2D eigenvalue weighted by Gasteiger charge is -2.08. The summed E-state index contributed by atoms with van der Waals surface area (Å²) in [5.74, 6) is 0.766. The first-order valence-corrected chi connectivity index (χ1v) is 5.82. The molecule has 14 heavy (non-hydrogen) atoms. The van der Waals surface area contributed by atoms with Crippen molar-refractivity contribution >= 4 is 37.6 Å². The second kappa shape index (κ2) is 5.51. The minimum Gasteiger partial charge on any atom is -0.483 e. The molecule has 0 heterocycles. The predicted molar refractivity (Wildman–Crippen MR) is 62.6 cm³/mol. The number of ether oxygens (including phenoxy) is 1. The minimum atomic E-state index is 0.0904. The molecule has 0 atom stereocenters. The van der Waals surface area contributed by atoms with Crippen LogP contribution in [0, 0.1) is 0 Å². The van der Waals surface area contributed by atoms with E-state index in [1.165, 1.54) is 0 Å². The first kappa shape index (κ1) is 11.7. The number of carbonyl (C=O) groups is 1. The third kappa shape index (κ3) is 3.10. The second-order valence-electron chi connectivity index (χ2n) is 2.73. The van der Waals surface area contributed by atoms with Crippen LogP contribution in [-0.2, 0) is 4.79 Å². The number of Topliss-reactive ketones (excluding diaryl/α,β-unsaturated/α-hetero) is 1. The van der Waals surface area contributed by atoms with Crippen LogP contribution in [0.3, 0.4) is 0 Å². The number of halogens is 2. The maximum Gasteiger partial charge on any atom is 0.169 e. The Hall–Kier alpha value is -0.350. The summed E-state index contributed by atoms with van der Waals surface area (Å²) >= 11 is 6.71. The predicted octanol–water partition coefficient (Wildman–Crippen LogP) is 3.57. The molecule has 0 saturated carbocycles. The molecule has 0 unspecified atom stereocenters. The van der Waals surface area contributed by atoms with Gasteiger partial charge in [-0.15, -0.1) is 0 Å². The van der Waals surface area contributed by atoms with Crippen LogP contribution >= 0.6 is 31.9 Å². The first-order valence-electron chi connectivity index (χ1n) is 4.23. The molecule has 4 heteroatoms. The fourth-order valence-corrected chi connectivity index (χ4v) is 2.10. The lowest BCUT2D eigenvalue weighted by atomic mass is 10.3. The maximum atomic E-state index is 11.1. The van der Waals surface area contributed by atoms with Crippen LogP contribution in [0.4, 0.5) is 0 Å². The zero-order valence-electron chi connectivity index (χ0n) is 7.72. The average Bonchev–Trinajstić information content (AvgIpc) is 2.16. The number of hydrogen-bond acceptors (Lipinski definition) is 2. The monoisotopic (exact) mass is 320 g/mol. The van der Waals surface area contributed by atoms with Crippen molar-refractivity contribution in [1.29, 1.82) is 0 Å². The standard InChI is InChI=1S/C10H10Br2O2/c1-2-7(13)6-14-10-8(11)4-3-5-9(10)12/h3-5H,2,6H2,1H3. The summed E-state index contributed by atoms with van der Waals surface area (Å²) in [5, 5.41) is 0. The number of carbonyl (C=O) groups excluding carboxylic acids is 1. The summed E-state index contributed by atoms with van der Waals surface area (Å²) in [6.45, 7) is 1.94. The number of para-hydroxylation sites is 1. The van der Waals surface area contributed by atoms with Gasteiger partial charge in [0.15, 0.2) is 5.78 Å². The molecule has 2 nitrogen and oxygen atoms in total. The van der Waals surface area contributed by atoms with E-state index in [0.29, 0.717) is 12.2 Å². The zero-order valence-corrected chi connectivity index (χ0v) is 10.9. The van der Waals surface area contributed by atoms with Crippen LogP contribution in [-0.4, -0.2) is 12.4 Å². The lowest BCUT2D eigenvalue weighted by molar-refractivity contribution is -0.120. The quantitative estimate of drug-likeness (QED) is 0.847. The van der Waals surface area contributed by atoms with E-state index in [0.717, 1.165) is 8.95 Å². The van der Waals surface area contributed by atoms with Gasteiger partial charge in [0.25, 0.3) is 0 Å². The normalized spacial score (nSPS) is 9.93. The number of hydrogen-bond donors (Lipinski definition) is 0. The highest BCUT2D eigenvalue weighted by Gasteiger charge is 2.07. The van der Waals surface area contributed by atoms with E-state index in [1.807, 2.05) is 25.1 Å². The van der Waals surface area contributed by atoms with Gasteiger partial charge in [-0.25, -0.2) is 0 Å². The van der Waals surface area contributed by atoms with Gasteiger partial charge in [0.05, 0.1) is 8.95 Å². The Balaban J connectivity index is 2.71. The van der Waals surface area contributed by atoms with E-state index < -0.39 is 0 Å². The molecule has 0 N–H and O–H groups in total.